The quantitative estimate of drug-likeness (QED) is 0.111. The number of nitrogens with zero attached hydrogens (tertiary/aromatic N) is 8. The first-order chi connectivity index (χ1) is 20.4. The van der Waals surface area contributed by atoms with E-state index in [0.29, 0.717) is 0 Å². The molecule has 4 bridgehead atoms. The predicted molar refractivity (Wildman–Crippen MR) is 181 cm³/mol. The van der Waals surface area contributed by atoms with Gasteiger partial charge < -0.3 is 21.1 Å². The molecule has 0 unspecified atom stereocenters. The maximum Gasteiger partial charge on any atom is 0.189 e. The van der Waals surface area contributed by atoms with Crippen LogP contribution in [0.5, 0.6) is 0 Å². The summed E-state index contributed by atoms with van der Waals surface area (Å²) in [6.45, 7) is 8.18. The maximum atomic E-state index is 4.57. The zero-order valence-electron chi connectivity index (χ0n) is 25.2. The Bertz CT molecular complexity index is 1120. The van der Waals surface area contributed by atoms with Gasteiger partial charge >= 0.3 is 0 Å². The summed E-state index contributed by atoms with van der Waals surface area (Å²) in [7, 11) is 0. The van der Waals surface area contributed by atoms with Crippen molar-refractivity contribution in [2.45, 2.75) is 65.2 Å². The molecule has 6 aliphatic rings. The van der Waals surface area contributed by atoms with Crippen molar-refractivity contribution in [2.75, 3.05) is 26.2 Å². The molecule has 2 aromatic heterocycles. The third-order valence-electron chi connectivity index (χ3n) is 9.06. The molecule has 0 spiro atoms. The summed E-state index contributed by atoms with van der Waals surface area (Å²) in [6, 6.07) is 11.6. The van der Waals surface area contributed by atoms with Crippen LogP contribution in [0.4, 0.5) is 0 Å². The van der Waals surface area contributed by atoms with Crippen molar-refractivity contribution in [1.29, 1.82) is 0 Å². The van der Waals surface area contributed by atoms with Gasteiger partial charge in [-0.1, -0.05) is 12.1 Å². The second-order valence-corrected chi connectivity index (χ2v) is 13.0. The minimum absolute atomic E-state index is 0. The van der Waals surface area contributed by atoms with Crippen molar-refractivity contribution in [3.05, 3.63) is 71.0 Å². The van der Waals surface area contributed by atoms with Crippen LogP contribution in [0, 0.1) is 23.7 Å². The molecular weight excluding hydrogens is 619 g/mol. The molecule has 234 valence electrons. The molecule has 8 nitrogen and oxygen atoms in total. The third-order valence-corrected chi connectivity index (χ3v) is 9.81. The number of pyridine rings is 2. The van der Waals surface area contributed by atoms with Crippen molar-refractivity contribution in [3.8, 4) is 0 Å². The van der Waals surface area contributed by atoms with Gasteiger partial charge in [0.2, 0.25) is 0 Å². The minimum atomic E-state index is 0. The molecule has 6 heterocycles. The van der Waals surface area contributed by atoms with Gasteiger partial charge in [-0.2, -0.15) is 0 Å². The van der Waals surface area contributed by atoms with Gasteiger partial charge in [-0.15, -0.1) is 0 Å². The van der Waals surface area contributed by atoms with Crippen LogP contribution in [0.2, 0.25) is 0 Å². The van der Waals surface area contributed by atoms with Crippen LogP contribution >= 0.6 is 0 Å². The molecular formula is C32H44N8NiS2. The van der Waals surface area contributed by atoms with Gasteiger partial charge in [0.1, 0.15) is 0 Å². The largest absolute Gasteiger partial charge is 0.515 e. The topological polar surface area (TPSA) is 85.2 Å². The van der Waals surface area contributed by atoms with Crippen LogP contribution in [-0.2, 0) is 40.9 Å². The maximum absolute atomic E-state index is 4.57. The molecule has 2 aliphatic carbocycles. The zero-order valence-corrected chi connectivity index (χ0v) is 28.0. The summed E-state index contributed by atoms with van der Waals surface area (Å²) >= 11 is 9.13. The first-order valence-corrected chi connectivity index (χ1v) is 16.3. The van der Waals surface area contributed by atoms with E-state index >= 15 is 0 Å². The van der Waals surface area contributed by atoms with Crippen molar-refractivity contribution < 1.29 is 16.5 Å². The van der Waals surface area contributed by atoms with Gasteiger partial charge in [-0.3, -0.25) is 9.97 Å². The van der Waals surface area contributed by atoms with E-state index < -0.39 is 0 Å². The van der Waals surface area contributed by atoms with Crippen LogP contribution in [0.25, 0.3) is 10.9 Å². The first-order valence-electron chi connectivity index (χ1n) is 15.4. The standard InChI is InChI=1S/2C16H22N4S.Ni/c2*1-12(15-4-2-3-9-17-15)18-19-16(21)20-10-13-5-6-14(11-20)8-7-13;/h2*2-4,9,13-14H,5-8,10-11H2,1H3,(H,17,19,21);. The number of hydrogen-bond donors (Lipinski definition) is 0. The Hall–Kier alpha value is -2.17. The molecule has 4 saturated heterocycles. The average Bonchev–Trinajstić information content (AvgIpc) is 3.56. The summed E-state index contributed by atoms with van der Waals surface area (Å²) in [5.74, 6) is 3.23. The summed E-state index contributed by atoms with van der Waals surface area (Å²) in [5, 5.41) is 10.1. The van der Waals surface area contributed by atoms with E-state index in [9.17, 15) is 0 Å². The Morgan fingerprint density at radius 1 is 0.628 bits per heavy atom. The van der Waals surface area contributed by atoms with Crippen molar-refractivity contribution in [3.63, 3.8) is 0 Å². The monoisotopic (exact) mass is 662 g/mol. The van der Waals surface area contributed by atoms with Gasteiger partial charge in [-0.05, 0) is 113 Å². The fourth-order valence-corrected chi connectivity index (χ4v) is 6.95. The number of thiol groups is 2. The van der Waals surface area contributed by atoms with E-state index in [4.69, 9.17) is 0 Å². The number of rotatable bonds is 4. The molecule has 6 fully saturated rings. The van der Waals surface area contributed by atoms with Gasteiger partial charge in [0.05, 0.1) is 11.4 Å². The normalized spacial score (nSPS) is 25.8. The Kier molecular flexibility index (Phi) is 13.2. The fourth-order valence-electron chi connectivity index (χ4n) is 6.54. The Labute approximate surface area is 277 Å². The van der Waals surface area contributed by atoms with Crippen molar-refractivity contribution in [2.24, 2.45) is 33.9 Å². The van der Waals surface area contributed by atoms with E-state index in [1.165, 1.54) is 51.4 Å². The Morgan fingerprint density at radius 3 is 1.23 bits per heavy atom. The summed E-state index contributed by atoms with van der Waals surface area (Å²) in [6.07, 6.45) is 14.4. The Morgan fingerprint density at radius 2 is 0.953 bits per heavy atom. The van der Waals surface area contributed by atoms with E-state index in [1.54, 1.807) is 12.4 Å². The summed E-state index contributed by atoms with van der Waals surface area (Å²) in [5.41, 5.74) is 12.0. The second kappa shape index (κ2) is 16.8. The molecule has 2 aromatic rings. The van der Waals surface area contributed by atoms with Gasteiger partial charge in [0, 0.05) is 66.5 Å². The molecule has 0 N–H and O–H groups in total. The number of fused-ring (bicyclic) bond motifs is 8. The molecule has 0 radical (unpaired) electrons. The van der Waals surface area contributed by atoms with Crippen LogP contribution in [0.1, 0.15) is 76.6 Å². The van der Waals surface area contributed by atoms with Crippen molar-refractivity contribution in [1.82, 2.24) is 19.8 Å². The Balaban J connectivity index is 0.000000192. The molecule has 0 atom stereocenters. The van der Waals surface area contributed by atoms with E-state index in [-0.39, 0.29) is 16.5 Å². The van der Waals surface area contributed by atoms with Gasteiger partial charge in [0.15, 0.2) is 34.7 Å². The molecule has 8 rings (SSSR count). The van der Waals surface area contributed by atoms with Crippen LogP contribution in [0.3, 0.4) is 0 Å². The number of hydrogen-bond acceptors (Lipinski definition) is 4. The number of aromatic nitrogens is 2. The van der Waals surface area contributed by atoms with Crippen LogP contribution in [0.15, 0.2) is 59.0 Å². The molecule has 43 heavy (non-hydrogen) atoms. The minimum Gasteiger partial charge on any atom is -0.515 e. The van der Waals surface area contributed by atoms with E-state index in [1.807, 2.05) is 50.2 Å². The SMILES string of the molecule is CC(=N[N-]C(=[SH+])N1CC2CCC(CC2)C1)c1ccccn1.CC(=N[N-]C(=[SH+])N1CC2CCC(CC2)C1)c1ccccn1.[Ni]. The molecule has 4 aliphatic heterocycles. The molecule has 0 aromatic carbocycles. The smallest absolute Gasteiger partial charge is 0.189 e. The zero-order chi connectivity index (χ0) is 29.3. The molecule has 0 amide bonds. The molecule has 2 saturated carbocycles. The third kappa shape index (κ3) is 9.91. The second-order valence-electron chi connectivity index (χ2n) is 12.2. The van der Waals surface area contributed by atoms with E-state index in [0.717, 1.165) is 82.9 Å². The van der Waals surface area contributed by atoms with E-state index in [2.05, 4.69) is 65.3 Å². The van der Waals surface area contributed by atoms with Crippen LogP contribution in [-0.4, -0.2) is 67.6 Å². The van der Waals surface area contributed by atoms with Crippen molar-refractivity contribution >= 4 is 46.1 Å². The molecule has 11 heteroatoms. The summed E-state index contributed by atoms with van der Waals surface area (Å²) < 4.78 is 0. The van der Waals surface area contributed by atoms with Gasteiger partial charge in [0.25, 0.3) is 0 Å². The van der Waals surface area contributed by atoms with Gasteiger partial charge in [-0.25, -0.2) is 9.80 Å². The first kappa shape index (κ1) is 33.7. The van der Waals surface area contributed by atoms with Crippen LogP contribution < -0.4 is 0 Å². The fraction of sp³-hybridized carbons (Fsp3) is 0.562. The predicted octanol–water partition coefficient (Wildman–Crippen LogP) is 5.33. The average molecular weight is 664 g/mol. The summed E-state index contributed by atoms with van der Waals surface area (Å²) in [4.78, 5) is 13.2.